The zero-order chi connectivity index (χ0) is 21.0. The van der Waals surface area contributed by atoms with Gasteiger partial charge >= 0.3 is 6.18 Å². The second-order valence-electron chi connectivity index (χ2n) is 7.05. The van der Waals surface area contributed by atoms with Gasteiger partial charge in [0.05, 0.1) is 16.1 Å². The highest BCUT2D eigenvalue weighted by molar-refractivity contribution is 14.0. The first-order chi connectivity index (χ1) is 13.0. The normalized spacial score (nSPS) is 18.3. The molecule has 0 atom stereocenters. The topological polar surface area (TPSA) is 61.8 Å². The molecule has 1 fully saturated rings. The monoisotopic (exact) mass is 543 g/mol. The molecule has 0 unspecified atom stereocenters. The smallest absolute Gasteiger partial charge is 0.356 e. The highest BCUT2D eigenvalue weighted by atomic mass is 127. The Kier molecular flexibility index (Phi) is 8.83. The Morgan fingerprint density at radius 3 is 2.62 bits per heavy atom. The van der Waals surface area contributed by atoms with Crippen LogP contribution in [0.3, 0.4) is 0 Å². The summed E-state index contributed by atoms with van der Waals surface area (Å²) in [4.78, 5) is 6.25. The summed E-state index contributed by atoms with van der Waals surface area (Å²) in [7, 11) is -3.16. The highest BCUT2D eigenvalue weighted by Crippen LogP contribution is 2.29. The molecule has 5 nitrogen and oxygen atoms in total. The molecule has 0 amide bonds. The van der Waals surface area contributed by atoms with Gasteiger partial charge in [0.1, 0.15) is 6.54 Å². The number of halogens is 4. The summed E-state index contributed by atoms with van der Waals surface area (Å²) in [5, 5.41) is 3.11. The van der Waals surface area contributed by atoms with Crippen LogP contribution in [0.4, 0.5) is 13.2 Å². The van der Waals surface area contributed by atoms with E-state index in [2.05, 4.69) is 22.2 Å². The predicted octanol–water partition coefficient (Wildman–Crippen LogP) is 3.15. The first-order valence-corrected chi connectivity index (χ1v) is 10.5. The Morgan fingerprint density at radius 2 is 2.03 bits per heavy atom. The molecule has 0 bridgehead atoms. The molecule has 0 aromatic heterocycles. The van der Waals surface area contributed by atoms with Crippen LogP contribution in [0.5, 0.6) is 0 Å². The molecule has 10 heteroatoms. The predicted molar refractivity (Wildman–Crippen MR) is 119 cm³/mol. The van der Waals surface area contributed by atoms with Crippen molar-refractivity contribution in [1.29, 1.82) is 0 Å². The largest absolute Gasteiger partial charge is 0.416 e. The van der Waals surface area contributed by atoms with Gasteiger partial charge in [0, 0.05) is 25.2 Å². The van der Waals surface area contributed by atoms with E-state index in [0.29, 0.717) is 25.6 Å². The minimum Gasteiger partial charge on any atom is -0.356 e. The number of nitrogens with zero attached hydrogens (tertiary/aromatic N) is 2. The lowest BCUT2D eigenvalue weighted by atomic mass is 10.1. The summed E-state index contributed by atoms with van der Waals surface area (Å²) in [5.41, 5.74) is -0.479. The van der Waals surface area contributed by atoms with Gasteiger partial charge in [-0.2, -0.15) is 13.2 Å². The average Bonchev–Trinajstić information content (AvgIpc) is 2.60. The van der Waals surface area contributed by atoms with E-state index in [9.17, 15) is 21.6 Å². The zero-order valence-electron chi connectivity index (χ0n) is 16.5. The number of benzene rings is 1. The van der Waals surface area contributed by atoms with Crippen molar-refractivity contribution in [2.24, 2.45) is 4.99 Å². The van der Waals surface area contributed by atoms with E-state index in [1.165, 1.54) is 12.1 Å². The van der Waals surface area contributed by atoms with Crippen molar-refractivity contribution in [3.8, 4) is 11.8 Å². The fourth-order valence-corrected chi connectivity index (χ4v) is 4.15. The third kappa shape index (κ3) is 6.77. The number of aliphatic imine (C=N–C) groups is 1. The lowest BCUT2D eigenvalue weighted by Gasteiger charge is -2.39. The van der Waals surface area contributed by atoms with E-state index in [4.69, 9.17) is 0 Å². The minimum absolute atomic E-state index is 0. The van der Waals surface area contributed by atoms with Crippen LogP contribution in [0.15, 0.2) is 29.3 Å². The summed E-state index contributed by atoms with van der Waals surface area (Å²) < 4.78 is 61.7. The van der Waals surface area contributed by atoms with Crippen molar-refractivity contribution < 1.29 is 21.6 Å². The molecule has 1 heterocycles. The molecule has 2 rings (SSSR count). The van der Waals surface area contributed by atoms with Gasteiger partial charge in [0.25, 0.3) is 0 Å². The first kappa shape index (κ1) is 25.6. The summed E-state index contributed by atoms with van der Waals surface area (Å²) >= 11 is 0. The van der Waals surface area contributed by atoms with Crippen LogP contribution in [0.1, 0.15) is 31.9 Å². The Labute approximate surface area is 187 Å². The Hall–Kier alpha value is -1.48. The van der Waals surface area contributed by atoms with E-state index in [1.54, 1.807) is 13.8 Å². The van der Waals surface area contributed by atoms with Crippen molar-refractivity contribution in [2.45, 2.75) is 31.7 Å². The van der Waals surface area contributed by atoms with Crippen LogP contribution in [-0.4, -0.2) is 56.0 Å². The van der Waals surface area contributed by atoms with Crippen LogP contribution in [-0.2, 0) is 16.0 Å². The maximum Gasteiger partial charge on any atom is 0.416 e. The SMILES string of the molecule is CCNC(=NCC#Cc1cccc(C(F)(F)F)c1)N1CCS(=O)(=O)C(C)(C)C1.I. The van der Waals surface area contributed by atoms with Gasteiger partial charge in [-0.15, -0.1) is 24.0 Å². The lowest BCUT2D eigenvalue weighted by Crippen LogP contribution is -2.57. The maximum atomic E-state index is 12.7. The molecule has 1 saturated heterocycles. The van der Waals surface area contributed by atoms with E-state index in [1.807, 2.05) is 11.8 Å². The number of rotatable bonds is 2. The number of sulfone groups is 1. The van der Waals surface area contributed by atoms with Crippen molar-refractivity contribution in [2.75, 3.05) is 31.9 Å². The lowest BCUT2D eigenvalue weighted by molar-refractivity contribution is -0.137. The molecule has 1 aliphatic rings. The zero-order valence-corrected chi connectivity index (χ0v) is 19.7. The number of guanidine groups is 1. The maximum absolute atomic E-state index is 12.7. The van der Waals surface area contributed by atoms with Crippen LogP contribution >= 0.6 is 24.0 Å². The highest BCUT2D eigenvalue weighted by Gasteiger charge is 2.40. The van der Waals surface area contributed by atoms with Gasteiger partial charge in [-0.25, -0.2) is 13.4 Å². The van der Waals surface area contributed by atoms with Gasteiger partial charge < -0.3 is 10.2 Å². The molecule has 0 spiro atoms. The van der Waals surface area contributed by atoms with Crippen LogP contribution in [0, 0.1) is 11.8 Å². The first-order valence-electron chi connectivity index (χ1n) is 8.88. The Morgan fingerprint density at radius 1 is 1.34 bits per heavy atom. The molecule has 0 aliphatic carbocycles. The van der Waals surface area contributed by atoms with Crippen LogP contribution in [0.25, 0.3) is 0 Å². The molecule has 1 aliphatic heterocycles. The van der Waals surface area contributed by atoms with E-state index >= 15 is 0 Å². The summed E-state index contributed by atoms with van der Waals surface area (Å²) in [5.74, 6) is 6.03. The van der Waals surface area contributed by atoms with Gasteiger partial charge in [0.15, 0.2) is 15.8 Å². The van der Waals surface area contributed by atoms with E-state index in [-0.39, 0.29) is 41.8 Å². The van der Waals surface area contributed by atoms with Crippen molar-refractivity contribution in [1.82, 2.24) is 10.2 Å². The summed E-state index contributed by atoms with van der Waals surface area (Å²) in [6, 6.07) is 4.82. The van der Waals surface area contributed by atoms with Gasteiger partial charge in [-0.1, -0.05) is 17.9 Å². The molecular weight excluding hydrogens is 518 g/mol. The molecule has 1 aromatic rings. The third-order valence-corrected chi connectivity index (χ3v) is 6.94. The van der Waals surface area contributed by atoms with Gasteiger partial charge in [-0.3, -0.25) is 0 Å². The number of hydrogen-bond acceptors (Lipinski definition) is 3. The summed E-state index contributed by atoms with van der Waals surface area (Å²) in [6.07, 6.45) is -4.41. The summed E-state index contributed by atoms with van der Waals surface area (Å²) in [6.45, 7) is 6.60. The fraction of sp³-hybridized carbons (Fsp3) is 0.526. The van der Waals surface area contributed by atoms with E-state index in [0.717, 1.165) is 12.1 Å². The molecule has 0 radical (unpaired) electrons. The van der Waals surface area contributed by atoms with Crippen LogP contribution in [0.2, 0.25) is 0 Å². The standard InChI is InChI=1S/C19H24F3N3O2S.HI/c1-4-23-17(25-11-12-28(26,27)18(2,3)14-25)24-10-6-8-15-7-5-9-16(13-15)19(20,21)22;/h5,7,9,13H,4,10-12,14H2,1-3H3,(H,23,24);1H. The fourth-order valence-electron chi connectivity index (χ4n) is 2.78. The Balaban J connectivity index is 0.00000420. The molecule has 162 valence electrons. The number of alkyl halides is 3. The minimum atomic E-state index is -4.41. The van der Waals surface area contributed by atoms with E-state index < -0.39 is 26.3 Å². The second-order valence-corrected chi connectivity index (χ2v) is 9.79. The van der Waals surface area contributed by atoms with Crippen molar-refractivity contribution >= 4 is 39.8 Å². The van der Waals surface area contributed by atoms with Gasteiger partial charge in [-0.05, 0) is 39.0 Å². The molecule has 0 saturated carbocycles. The van der Waals surface area contributed by atoms with Crippen molar-refractivity contribution in [3.05, 3.63) is 35.4 Å². The second kappa shape index (κ2) is 10.0. The van der Waals surface area contributed by atoms with Gasteiger partial charge in [0.2, 0.25) is 0 Å². The number of hydrogen-bond donors (Lipinski definition) is 1. The molecule has 1 N–H and O–H groups in total. The average molecular weight is 543 g/mol. The third-order valence-electron chi connectivity index (χ3n) is 4.41. The quantitative estimate of drug-likeness (QED) is 0.270. The molecule has 29 heavy (non-hydrogen) atoms. The number of nitrogens with one attached hydrogen (secondary N) is 1. The van der Waals surface area contributed by atoms with Crippen molar-refractivity contribution in [3.63, 3.8) is 0 Å². The Bertz CT molecular complexity index is 903. The molecule has 1 aromatic carbocycles. The van der Waals surface area contributed by atoms with Crippen LogP contribution < -0.4 is 5.32 Å². The molecular formula is C19H25F3IN3O2S.